The Morgan fingerprint density at radius 2 is 1.79 bits per heavy atom. The predicted molar refractivity (Wildman–Crippen MR) is 95.0 cm³/mol. The summed E-state index contributed by atoms with van der Waals surface area (Å²) in [7, 11) is 0. The largest absolute Gasteiger partial charge is 0.462 e. The lowest BCUT2D eigenvalue weighted by atomic mass is 9.67. The van der Waals surface area contributed by atoms with Crippen LogP contribution in [0.4, 0.5) is 10.1 Å². The predicted octanol–water partition coefficient (Wildman–Crippen LogP) is 1.62. The van der Waals surface area contributed by atoms with E-state index >= 15 is 0 Å². The second-order valence-corrected chi connectivity index (χ2v) is 6.11. The number of nitrogens with two attached hydrogens (primary N) is 1. The maximum absolute atomic E-state index is 14.1. The van der Waals surface area contributed by atoms with E-state index in [0.29, 0.717) is 0 Å². The van der Waals surface area contributed by atoms with Crippen LogP contribution in [0, 0.1) is 5.82 Å². The standard InChI is InChI=1S/C19H19FN2O6/c1-4-26-16(23)13-9(3)28-15(21)14(17(24)27-5-2)19(13)11-8-10(20)6-7-12(11)22-18(19)25/h6-8H,4-5,21H2,1-3H3,(H,22,25). The monoisotopic (exact) mass is 390 g/mol. The molecule has 0 aromatic heterocycles. The highest BCUT2D eigenvalue weighted by atomic mass is 19.1. The van der Waals surface area contributed by atoms with Crippen molar-refractivity contribution in [2.24, 2.45) is 5.73 Å². The molecule has 0 radical (unpaired) electrons. The summed E-state index contributed by atoms with van der Waals surface area (Å²) in [6, 6.07) is 3.55. The molecular formula is C19H19FN2O6. The molecule has 9 heteroatoms. The van der Waals surface area contributed by atoms with Crippen LogP contribution in [0.3, 0.4) is 0 Å². The van der Waals surface area contributed by atoms with Crippen LogP contribution in [0.5, 0.6) is 0 Å². The van der Waals surface area contributed by atoms with Gasteiger partial charge in [0.15, 0.2) is 0 Å². The van der Waals surface area contributed by atoms with E-state index in [4.69, 9.17) is 19.9 Å². The summed E-state index contributed by atoms with van der Waals surface area (Å²) in [5.41, 5.74) is 3.52. The number of carbonyl (C=O) groups excluding carboxylic acids is 3. The highest BCUT2D eigenvalue weighted by Gasteiger charge is 2.61. The van der Waals surface area contributed by atoms with Crippen molar-refractivity contribution in [2.45, 2.75) is 26.2 Å². The van der Waals surface area contributed by atoms with Crippen LogP contribution in [-0.2, 0) is 34.0 Å². The third-order valence-corrected chi connectivity index (χ3v) is 4.55. The van der Waals surface area contributed by atoms with Gasteiger partial charge in [-0.3, -0.25) is 4.79 Å². The van der Waals surface area contributed by atoms with Gasteiger partial charge in [-0.15, -0.1) is 0 Å². The molecule has 148 valence electrons. The molecule has 0 saturated heterocycles. The van der Waals surface area contributed by atoms with E-state index in [1.165, 1.54) is 13.0 Å². The van der Waals surface area contributed by atoms with Gasteiger partial charge in [0, 0.05) is 11.3 Å². The molecule has 28 heavy (non-hydrogen) atoms. The minimum absolute atomic E-state index is 0.0112. The number of carbonyl (C=O) groups is 3. The normalized spacial score (nSPS) is 20.6. The Balaban J connectivity index is 2.40. The van der Waals surface area contributed by atoms with Crippen molar-refractivity contribution in [3.63, 3.8) is 0 Å². The van der Waals surface area contributed by atoms with E-state index in [2.05, 4.69) is 5.32 Å². The Morgan fingerprint density at radius 3 is 2.39 bits per heavy atom. The number of benzene rings is 1. The smallest absolute Gasteiger partial charge is 0.341 e. The van der Waals surface area contributed by atoms with Crippen LogP contribution in [0.2, 0.25) is 0 Å². The number of esters is 2. The Kier molecular flexibility index (Phi) is 4.84. The summed E-state index contributed by atoms with van der Waals surface area (Å²) >= 11 is 0. The van der Waals surface area contributed by atoms with Crippen molar-refractivity contribution >= 4 is 23.5 Å². The molecule has 1 spiro atoms. The Morgan fingerprint density at radius 1 is 1.18 bits per heavy atom. The molecule has 2 heterocycles. The molecular weight excluding hydrogens is 371 g/mol. The molecule has 0 saturated carbocycles. The van der Waals surface area contributed by atoms with Crippen molar-refractivity contribution < 1.29 is 33.0 Å². The number of anilines is 1. The number of fused-ring (bicyclic) bond motifs is 2. The number of hydrogen-bond acceptors (Lipinski definition) is 7. The number of halogens is 1. The molecule has 1 aromatic carbocycles. The van der Waals surface area contributed by atoms with Crippen molar-refractivity contribution in [3.05, 3.63) is 52.4 Å². The molecule has 1 amide bonds. The zero-order valence-corrected chi connectivity index (χ0v) is 15.6. The second-order valence-electron chi connectivity index (χ2n) is 6.11. The summed E-state index contributed by atoms with van der Waals surface area (Å²) in [5.74, 6) is -3.70. The van der Waals surface area contributed by atoms with Gasteiger partial charge >= 0.3 is 11.9 Å². The maximum atomic E-state index is 14.1. The van der Waals surface area contributed by atoms with Crippen LogP contribution in [0.15, 0.2) is 41.0 Å². The molecule has 1 atom stereocenters. The first-order chi connectivity index (χ1) is 13.3. The highest BCUT2D eigenvalue weighted by molar-refractivity contribution is 6.21. The minimum Gasteiger partial charge on any atom is -0.462 e. The number of ether oxygens (including phenoxy) is 3. The molecule has 0 fully saturated rings. The zero-order valence-electron chi connectivity index (χ0n) is 15.6. The first-order valence-electron chi connectivity index (χ1n) is 8.64. The van der Waals surface area contributed by atoms with Crippen molar-refractivity contribution in [1.29, 1.82) is 0 Å². The first-order valence-corrected chi connectivity index (χ1v) is 8.64. The third kappa shape index (κ3) is 2.62. The maximum Gasteiger partial charge on any atom is 0.341 e. The van der Waals surface area contributed by atoms with E-state index in [1.807, 2.05) is 0 Å². The molecule has 1 aromatic rings. The molecule has 0 bridgehead atoms. The average molecular weight is 390 g/mol. The van der Waals surface area contributed by atoms with Gasteiger partial charge in [-0.05, 0) is 39.0 Å². The van der Waals surface area contributed by atoms with E-state index in [-0.39, 0.29) is 35.8 Å². The van der Waals surface area contributed by atoms with E-state index in [1.54, 1.807) is 13.8 Å². The highest BCUT2D eigenvalue weighted by Crippen LogP contribution is 2.52. The minimum atomic E-state index is -2.05. The fraction of sp³-hybridized carbons (Fsp3) is 0.316. The molecule has 2 aliphatic rings. The molecule has 3 N–H and O–H groups in total. The SMILES string of the molecule is CCOC(=O)C1=C(C)OC(N)=C(C(=O)OCC)C12C(=O)Nc1ccc(F)cc12. The van der Waals surface area contributed by atoms with E-state index in [9.17, 15) is 18.8 Å². The number of hydrogen-bond donors (Lipinski definition) is 2. The van der Waals surface area contributed by atoms with Crippen LogP contribution in [-0.4, -0.2) is 31.1 Å². The quantitative estimate of drug-likeness (QED) is 0.750. The fourth-order valence-corrected chi connectivity index (χ4v) is 3.57. The van der Waals surface area contributed by atoms with Crippen molar-refractivity contribution in [3.8, 4) is 0 Å². The third-order valence-electron chi connectivity index (χ3n) is 4.55. The number of nitrogens with one attached hydrogen (secondary N) is 1. The van der Waals surface area contributed by atoms with Crippen LogP contribution >= 0.6 is 0 Å². The average Bonchev–Trinajstić information content (AvgIpc) is 2.87. The summed E-state index contributed by atoms with van der Waals surface area (Å²) in [5, 5.41) is 2.58. The number of allylic oxidation sites excluding steroid dienone is 1. The lowest BCUT2D eigenvalue weighted by Gasteiger charge is -2.35. The molecule has 1 unspecified atom stereocenters. The molecule has 3 rings (SSSR count). The van der Waals surface area contributed by atoms with Gasteiger partial charge in [-0.1, -0.05) is 0 Å². The topological polar surface area (TPSA) is 117 Å². The lowest BCUT2D eigenvalue weighted by molar-refractivity contribution is -0.143. The Hall–Kier alpha value is -3.36. The van der Waals surface area contributed by atoms with Gasteiger partial charge in [0.05, 0.1) is 13.2 Å². The van der Waals surface area contributed by atoms with Gasteiger partial charge < -0.3 is 25.3 Å². The van der Waals surface area contributed by atoms with Gasteiger partial charge in [0.1, 0.15) is 28.1 Å². The molecule has 0 aliphatic carbocycles. The lowest BCUT2D eigenvalue weighted by Crippen LogP contribution is -2.48. The molecule has 8 nitrogen and oxygen atoms in total. The second kappa shape index (κ2) is 6.99. The first kappa shape index (κ1) is 19.4. The summed E-state index contributed by atoms with van der Waals surface area (Å²) in [6.45, 7) is 4.56. The number of amides is 1. The van der Waals surface area contributed by atoms with Gasteiger partial charge in [-0.25, -0.2) is 14.0 Å². The van der Waals surface area contributed by atoms with E-state index < -0.39 is 40.5 Å². The van der Waals surface area contributed by atoms with Crippen LogP contribution in [0.1, 0.15) is 26.3 Å². The zero-order chi connectivity index (χ0) is 20.6. The Labute approximate surface area is 160 Å². The van der Waals surface area contributed by atoms with Crippen LogP contribution in [0.25, 0.3) is 0 Å². The summed E-state index contributed by atoms with van der Waals surface area (Å²) < 4.78 is 29.6. The fourth-order valence-electron chi connectivity index (χ4n) is 3.57. The summed E-state index contributed by atoms with van der Waals surface area (Å²) in [6.07, 6.45) is 0. The van der Waals surface area contributed by atoms with Crippen molar-refractivity contribution in [2.75, 3.05) is 18.5 Å². The van der Waals surface area contributed by atoms with E-state index in [0.717, 1.165) is 12.1 Å². The van der Waals surface area contributed by atoms with Gasteiger partial charge in [0.2, 0.25) is 11.8 Å². The van der Waals surface area contributed by atoms with Gasteiger partial charge in [0.25, 0.3) is 0 Å². The van der Waals surface area contributed by atoms with Gasteiger partial charge in [-0.2, -0.15) is 0 Å². The van der Waals surface area contributed by atoms with Crippen LogP contribution < -0.4 is 11.1 Å². The van der Waals surface area contributed by atoms with Crippen molar-refractivity contribution in [1.82, 2.24) is 0 Å². The molecule has 2 aliphatic heterocycles. The number of rotatable bonds is 4. The summed E-state index contributed by atoms with van der Waals surface area (Å²) in [4.78, 5) is 38.8. The Bertz CT molecular complexity index is 910.